The van der Waals surface area contributed by atoms with E-state index in [1.54, 1.807) is 6.07 Å². The van der Waals surface area contributed by atoms with Gasteiger partial charge in [-0.3, -0.25) is 4.90 Å². The number of aryl methyl sites for hydroxylation is 1. The van der Waals surface area contributed by atoms with Crippen molar-refractivity contribution in [1.29, 1.82) is 0 Å². The zero-order valence-corrected chi connectivity index (χ0v) is 10.2. The average Bonchev–Trinajstić information content (AvgIpc) is 2.78. The van der Waals surface area contributed by atoms with Crippen LogP contribution in [0.15, 0.2) is 12.1 Å². The Hall–Kier alpha value is -1.29. The third kappa shape index (κ3) is 3.09. The molecule has 1 aliphatic rings. The highest BCUT2D eigenvalue weighted by Crippen LogP contribution is 2.23. The molecule has 0 radical (unpaired) electrons. The molecule has 0 spiro atoms. The topological polar surface area (TPSA) is 38.5 Å². The molecule has 0 bridgehead atoms. The Morgan fingerprint density at radius 3 is 2.76 bits per heavy atom. The number of ether oxygens (including phenoxy) is 1. The molecule has 1 saturated heterocycles. The van der Waals surface area contributed by atoms with Gasteiger partial charge in [-0.25, -0.2) is 4.39 Å². The molecule has 2 N–H and O–H groups in total. The highest BCUT2D eigenvalue weighted by molar-refractivity contribution is 5.50. The molecule has 4 heteroatoms. The van der Waals surface area contributed by atoms with E-state index in [-0.39, 0.29) is 5.82 Å². The van der Waals surface area contributed by atoms with E-state index >= 15 is 0 Å². The number of likely N-dealkylation sites (tertiary alicyclic amines) is 1. The van der Waals surface area contributed by atoms with Crippen molar-refractivity contribution in [1.82, 2.24) is 4.90 Å². The van der Waals surface area contributed by atoms with Gasteiger partial charge in [-0.15, -0.1) is 0 Å². The number of halogens is 1. The number of nitrogens with two attached hydrogens (primary N) is 1. The molecule has 1 aliphatic heterocycles. The molecule has 2 rings (SSSR count). The van der Waals surface area contributed by atoms with Crippen molar-refractivity contribution >= 4 is 5.69 Å². The van der Waals surface area contributed by atoms with Crippen LogP contribution in [0.2, 0.25) is 0 Å². The Morgan fingerprint density at radius 2 is 2.06 bits per heavy atom. The van der Waals surface area contributed by atoms with E-state index < -0.39 is 0 Å². The van der Waals surface area contributed by atoms with Crippen LogP contribution in [-0.4, -0.2) is 31.1 Å². The number of rotatable bonds is 4. The Kier molecular flexibility index (Phi) is 3.84. The Morgan fingerprint density at radius 1 is 1.35 bits per heavy atom. The van der Waals surface area contributed by atoms with Gasteiger partial charge in [0.15, 0.2) is 11.6 Å². The number of hydrogen-bond acceptors (Lipinski definition) is 3. The van der Waals surface area contributed by atoms with E-state index in [2.05, 4.69) is 4.90 Å². The first-order chi connectivity index (χ1) is 8.16. The van der Waals surface area contributed by atoms with Gasteiger partial charge in [0.2, 0.25) is 0 Å². The first kappa shape index (κ1) is 12.2. The van der Waals surface area contributed by atoms with Crippen molar-refractivity contribution in [2.24, 2.45) is 0 Å². The minimum atomic E-state index is -0.380. The maximum absolute atomic E-state index is 13.5. The molecular formula is C13H19FN2O. The summed E-state index contributed by atoms with van der Waals surface area (Å²) in [6.45, 7) is 5.50. The van der Waals surface area contributed by atoms with Gasteiger partial charge in [0, 0.05) is 18.3 Å². The van der Waals surface area contributed by atoms with E-state index in [1.165, 1.54) is 18.9 Å². The molecule has 1 fully saturated rings. The summed E-state index contributed by atoms with van der Waals surface area (Å²) in [5.41, 5.74) is 6.93. The maximum atomic E-state index is 13.5. The lowest BCUT2D eigenvalue weighted by atomic mass is 10.2. The van der Waals surface area contributed by atoms with Gasteiger partial charge in [-0.05, 0) is 44.5 Å². The number of nitrogens with zero attached hydrogens (tertiary/aromatic N) is 1. The molecular weight excluding hydrogens is 219 g/mol. The summed E-state index contributed by atoms with van der Waals surface area (Å²) >= 11 is 0. The van der Waals surface area contributed by atoms with Gasteiger partial charge in [0.25, 0.3) is 0 Å². The quantitative estimate of drug-likeness (QED) is 0.817. The number of hydrogen-bond donors (Lipinski definition) is 1. The fourth-order valence-corrected chi connectivity index (χ4v) is 2.07. The van der Waals surface area contributed by atoms with Crippen LogP contribution in [0.5, 0.6) is 5.75 Å². The van der Waals surface area contributed by atoms with Crippen molar-refractivity contribution < 1.29 is 9.13 Å². The standard InChI is InChI=1S/C13H19FN2O/c1-10-8-13(11(14)9-12(10)15)17-7-6-16-4-2-3-5-16/h8-9H,2-7,15H2,1H3. The maximum Gasteiger partial charge on any atom is 0.167 e. The lowest BCUT2D eigenvalue weighted by molar-refractivity contribution is 0.231. The average molecular weight is 238 g/mol. The van der Waals surface area contributed by atoms with Crippen LogP contribution in [0.4, 0.5) is 10.1 Å². The Bertz CT molecular complexity index is 389. The molecule has 0 aliphatic carbocycles. The summed E-state index contributed by atoms with van der Waals surface area (Å²) in [7, 11) is 0. The van der Waals surface area contributed by atoms with E-state index in [1.807, 2.05) is 6.92 Å². The van der Waals surface area contributed by atoms with E-state index in [0.29, 0.717) is 18.0 Å². The first-order valence-corrected chi connectivity index (χ1v) is 6.07. The summed E-state index contributed by atoms with van der Waals surface area (Å²) in [6.07, 6.45) is 2.52. The van der Waals surface area contributed by atoms with E-state index in [0.717, 1.165) is 25.2 Å². The monoisotopic (exact) mass is 238 g/mol. The molecule has 1 aromatic carbocycles. The van der Waals surface area contributed by atoms with Crippen LogP contribution in [0.3, 0.4) is 0 Å². The summed E-state index contributed by atoms with van der Waals surface area (Å²) in [5.74, 6) is -0.0783. The molecule has 0 unspecified atom stereocenters. The molecule has 0 atom stereocenters. The van der Waals surface area contributed by atoms with Gasteiger partial charge >= 0.3 is 0 Å². The molecule has 0 amide bonds. The lowest BCUT2D eigenvalue weighted by Gasteiger charge is -2.15. The van der Waals surface area contributed by atoms with E-state index in [4.69, 9.17) is 10.5 Å². The van der Waals surface area contributed by atoms with Crippen molar-refractivity contribution in [3.8, 4) is 5.75 Å². The minimum absolute atomic E-state index is 0.302. The molecule has 17 heavy (non-hydrogen) atoms. The summed E-state index contributed by atoms with van der Waals surface area (Å²) in [5, 5.41) is 0. The molecule has 3 nitrogen and oxygen atoms in total. The van der Waals surface area contributed by atoms with Crippen molar-refractivity contribution in [3.05, 3.63) is 23.5 Å². The third-order valence-electron chi connectivity index (χ3n) is 3.18. The van der Waals surface area contributed by atoms with Crippen molar-refractivity contribution in [3.63, 3.8) is 0 Å². The summed E-state index contributed by atoms with van der Waals surface area (Å²) in [4.78, 5) is 2.34. The Balaban J connectivity index is 1.87. The number of anilines is 1. The second kappa shape index (κ2) is 5.36. The zero-order chi connectivity index (χ0) is 12.3. The second-order valence-electron chi connectivity index (χ2n) is 4.54. The van der Waals surface area contributed by atoms with Crippen LogP contribution < -0.4 is 10.5 Å². The molecule has 1 aromatic rings. The largest absolute Gasteiger partial charge is 0.489 e. The first-order valence-electron chi connectivity index (χ1n) is 6.07. The van der Waals surface area contributed by atoms with Crippen LogP contribution >= 0.6 is 0 Å². The van der Waals surface area contributed by atoms with Gasteiger partial charge in [0.1, 0.15) is 6.61 Å². The fourth-order valence-electron chi connectivity index (χ4n) is 2.07. The smallest absolute Gasteiger partial charge is 0.167 e. The minimum Gasteiger partial charge on any atom is -0.489 e. The summed E-state index contributed by atoms with van der Waals surface area (Å²) < 4.78 is 19.0. The summed E-state index contributed by atoms with van der Waals surface area (Å²) in [6, 6.07) is 2.98. The Labute approximate surface area is 101 Å². The lowest BCUT2D eigenvalue weighted by Crippen LogP contribution is -2.25. The van der Waals surface area contributed by atoms with Crippen LogP contribution in [0, 0.1) is 12.7 Å². The van der Waals surface area contributed by atoms with Crippen LogP contribution in [0.25, 0.3) is 0 Å². The highest BCUT2D eigenvalue weighted by Gasteiger charge is 2.12. The number of benzene rings is 1. The number of nitrogen functional groups attached to an aromatic ring is 1. The van der Waals surface area contributed by atoms with Gasteiger partial charge < -0.3 is 10.5 Å². The van der Waals surface area contributed by atoms with Gasteiger partial charge in [-0.2, -0.15) is 0 Å². The van der Waals surface area contributed by atoms with Gasteiger partial charge in [-0.1, -0.05) is 0 Å². The molecule has 0 aromatic heterocycles. The SMILES string of the molecule is Cc1cc(OCCN2CCCC2)c(F)cc1N. The second-order valence-corrected chi connectivity index (χ2v) is 4.54. The van der Waals surface area contributed by atoms with E-state index in [9.17, 15) is 4.39 Å². The normalized spacial score (nSPS) is 16.4. The van der Waals surface area contributed by atoms with Crippen LogP contribution in [0.1, 0.15) is 18.4 Å². The van der Waals surface area contributed by atoms with Crippen molar-refractivity contribution in [2.45, 2.75) is 19.8 Å². The molecule has 94 valence electrons. The van der Waals surface area contributed by atoms with Crippen LogP contribution in [-0.2, 0) is 0 Å². The predicted octanol–water partition coefficient (Wildman–Crippen LogP) is 2.19. The third-order valence-corrected chi connectivity index (χ3v) is 3.18. The fraction of sp³-hybridized carbons (Fsp3) is 0.538. The highest BCUT2D eigenvalue weighted by atomic mass is 19.1. The predicted molar refractivity (Wildman–Crippen MR) is 66.7 cm³/mol. The molecule has 0 saturated carbocycles. The zero-order valence-electron chi connectivity index (χ0n) is 10.2. The van der Waals surface area contributed by atoms with Gasteiger partial charge in [0.05, 0.1) is 0 Å². The molecule has 1 heterocycles. The van der Waals surface area contributed by atoms with Crippen molar-refractivity contribution in [2.75, 3.05) is 32.0 Å².